The fraction of sp³-hybridized carbons (Fsp3) is 1.00. The Kier molecular flexibility index (Phi) is 5.97. The monoisotopic (exact) mass is 340 g/mol. The van der Waals surface area contributed by atoms with E-state index in [1.807, 2.05) is 0 Å². The fourth-order valence-corrected chi connectivity index (χ4v) is 5.05. The standard InChI is InChI=1S/C11H24N4O4S2/c16-20(17,14-7-3-1-4-8-14)12-11-13-21(18,19)15-9-5-2-6-10-15/h12-13H,1-11H2. The van der Waals surface area contributed by atoms with E-state index in [-0.39, 0.29) is 6.67 Å². The molecule has 21 heavy (non-hydrogen) atoms. The molecule has 2 saturated heterocycles. The van der Waals surface area contributed by atoms with Crippen molar-refractivity contribution in [1.82, 2.24) is 18.1 Å². The van der Waals surface area contributed by atoms with E-state index < -0.39 is 20.4 Å². The van der Waals surface area contributed by atoms with Crippen molar-refractivity contribution in [3.8, 4) is 0 Å². The highest BCUT2D eigenvalue weighted by molar-refractivity contribution is 7.88. The molecule has 124 valence electrons. The van der Waals surface area contributed by atoms with E-state index in [4.69, 9.17) is 0 Å². The molecule has 2 aliphatic heterocycles. The van der Waals surface area contributed by atoms with Gasteiger partial charge in [-0.25, -0.2) is 0 Å². The summed E-state index contributed by atoms with van der Waals surface area (Å²) < 4.78 is 55.4. The molecule has 2 aliphatic rings. The lowest BCUT2D eigenvalue weighted by Crippen LogP contribution is -2.50. The number of hydrogen-bond acceptors (Lipinski definition) is 4. The Morgan fingerprint density at radius 1 is 0.619 bits per heavy atom. The first-order valence-corrected chi connectivity index (χ1v) is 10.3. The van der Waals surface area contributed by atoms with E-state index in [2.05, 4.69) is 9.44 Å². The van der Waals surface area contributed by atoms with Crippen LogP contribution in [0.3, 0.4) is 0 Å². The quantitative estimate of drug-likeness (QED) is 0.642. The van der Waals surface area contributed by atoms with Crippen LogP contribution in [0.4, 0.5) is 0 Å². The van der Waals surface area contributed by atoms with Gasteiger partial charge in [0.15, 0.2) is 0 Å². The van der Waals surface area contributed by atoms with Gasteiger partial charge in [-0.15, -0.1) is 0 Å². The number of nitrogens with zero attached hydrogens (tertiary/aromatic N) is 2. The van der Waals surface area contributed by atoms with Crippen LogP contribution >= 0.6 is 0 Å². The van der Waals surface area contributed by atoms with Crippen LogP contribution < -0.4 is 9.44 Å². The van der Waals surface area contributed by atoms with Crippen molar-refractivity contribution in [3.05, 3.63) is 0 Å². The van der Waals surface area contributed by atoms with Gasteiger partial charge in [-0.05, 0) is 25.7 Å². The molecule has 0 aromatic rings. The van der Waals surface area contributed by atoms with Crippen molar-refractivity contribution in [2.45, 2.75) is 38.5 Å². The zero-order valence-electron chi connectivity index (χ0n) is 12.1. The second-order valence-electron chi connectivity index (χ2n) is 5.39. The van der Waals surface area contributed by atoms with Gasteiger partial charge in [0, 0.05) is 26.2 Å². The van der Waals surface area contributed by atoms with Crippen molar-refractivity contribution >= 4 is 20.4 Å². The average molecular weight is 340 g/mol. The Labute approximate surface area is 127 Å². The maximum atomic E-state index is 12.0. The summed E-state index contributed by atoms with van der Waals surface area (Å²) >= 11 is 0. The maximum Gasteiger partial charge on any atom is 0.280 e. The van der Waals surface area contributed by atoms with E-state index >= 15 is 0 Å². The van der Waals surface area contributed by atoms with Crippen LogP contribution in [0.5, 0.6) is 0 Å². The number of hydrogen-bond donors (Lipinski definition) is 2. The average Bonchev–Trinajstić information content (AvgIpc) is 2.49. The van der Waals surface area contributed by atoms with Gasteiger partial charge >= 0.3 is 0 Å². The van der Waals surface area contributed by atoms with Gasteiger partial charge in [0.05, 0.1) is 6.67 Å². The molecule has 0 spiro atoms. The van der Waals surface area contributed by atoms with E-state index in [1.165, 1.54) is 8.61 Å². The summed E-state index contributed by atoms with van der Waals surface area (Å²) in [6.45, 7) is 1.67. The molecule has 2 N–H and O–H groups in total. The van der Waals surface area contributed by atoms with E-state index in [1.54, 1.807) is 0 Å². The first-order valence-electron chi connectivity index (χ1n) is 7.41. The molecule has 2 rings (SSSR count). The van der Waals surface area contributed by atoms with Gasteiger partial charge in [-0.2, -0.15) is 34.9 Å². The van der Waals surface area contributed by atoms with Crippen LogP contribution in [0, 0.1) is 0 Å². The van der Waals surface area contributed by atoms with Crippen molar-refractivity contribution in [3.63, 3.8) is 0 Å². The van der Waals surface area contributed by atoms with Crippen LogP contribution in [0.1, 0.15) is 38.5 Å². The highest BCUT2D eigenvalue weighted by Gasteiger charge is 2.26. The molecule has 0 bridgehead atoms. The first-order chi connectivity index (χ1) is 9.92. The van der Waals surface area contributed by atoms with Gasteiger partial charge in [0.2, 0.25) is 0 Å². The van der Waals surface area contributed by atoms with Crippen molar-refractivity contribution in [1.29, 1.82) is 0 Å². The molecule has 8 nitrogen and oxygen atoms in total. The predicted octanol–water partition coefficient (Wildman–Crippen LogP) is -0.415. The SMILES string of the molecule is O=S(=O)(NCNS(=O)(=O)N1CCCCC1)N1CCCCC1. The number of piperidine rings is 2. The molecule has 0 unspecified atom stereocenters. The molecule has 0 aromatic heterocycles. The minimum atomic E-state index is -3.60. The smallest absolute Gasteiger partial charge is 0.195 e. The molecule has 0 saturated carbocycles. The Morgan fingerprint density at radius 2 is 0.952 bits per heavy atom. The van der Waals surface area contributed by atoms with Crippen molar-refractivity contribution in [2.24, 2.45) is 0 Å². The van der Waals surface area contributed by atoms with Gasteiger partial charge in [-0.3, -0.25) is 0 Å². The summed E-state index contributed by atoms with van der Waals surface area (Å²) in [5, 5.41) is 0. The van der Waals surface area contributed by atoms with Crippen molar-refractivity contribution in [2.75, 3.05) is 32.8 Å². The normalized spacial score (nSPS) is 23.2. The highest BCUT2D eigenvalue weighted by atomic mass is 32.2. The van der Waals surface area contributed by atoms with Gasteiger partial charge in [0.25, 0.3) is 20.4 Å². The third-order valence-corrected chi connectivity index (χ3v) is 6.93. The molecule has 2 heterocycles. The highest BCUT2D eigenvalue weighted by Crippen LogP contribution is 2.12. The Bertz CT molecular complexity index is 474. The Balaban J connectivity index is 1.82. The molecule has 0 amide bonds. The topological polar surface area (TPSA) is 98.8 Å². The molecular formula is C11H24N4O4S2. The summed E-state index contributed by atoms with van der Waals surface area (Å²) in [6, 6.07) is 0. The summed E-state index contributed by atoms with van der Waals surface area (Å²) in [7, 11) is -7.20. The molecule has 2 fully saturated rings. The maximum absolute atomic E-state index is 12.0. The summed E-state index contributed by atoms with van der Waals surface area (Å²) in [5.74, 6) is 0. The Hall–Kier alpha value is -0.260. The predicted molar refractivity (Wildman–Crippen MR) is 79.8 cm³/mol. The van der Waals surface area contributed by atoms with E-state index in [0.717, 1.165) is 38.5 Å². The van der Waals surface area contributed by atoms with Crippen molar-refractivity contribution < 1.29 is 16.8 Å². The summed E-state index contributed by atoms with van der Waals surface area (Å²) in [6.07, 6.45) is 5.46. The lowest BCUT2D eigenvalue weighted by Gasteiger charge is -2.27. The molecule has 0 atom stereocenters. The van der Waals surface area contributed by atoms with Gasteiger partial charge < -0.3 is 0 Å². The van der Waals surface area contributed by atoms with E-state index in [9.17, 15) is 16.8 Å². The molecule has 0 aromatic carbocycles. The minimum Gasteiger partial charge on any atom is -0.195 e. The third kappa shape index (κ3) is 4.86. The summed E-state index contributed by atoms with van der Waals surface area (Å²) in [5.41, 5.74) is 0. The zero-order chi connectivity index (χ0) is 15.3. The molecule has 0 radical (unpaired) electrons. The third-order valence-electron chi connectivity index (χ3n) is 3.82. The van der Waals surface area contributed by atoms with E-state index in [0.29, 0.717) is 26.2 Å². The molecular weight excluding hydrogens is 316 g/mol. The number of rotatable bonds is 6. The van der Waals surface area contributed by atoms with Crippen LogP contribution in [0.2, 0.25) is 0 Å². The van der Waals surface area contributed by atoms with Crippen LogP contribution in [0.15, 0.2) is 0 Å². The second kappa shape index (κ2) is 7.34. The second-order valence-corrected chi connectivity index (χ2v) is 8.91. The Morgan fingerprint density at radius 3 is 1.29 bits per heavy atom. The largest absolute Gasteiger partial charge is 0.280 e. The fourth-order valence-electron chi connectivity index (χ4n) is 2.60. The summed E-state index contributed by atoms with van der Waals surface area (Å²) in [4.78, 5) is 0. The first kappa shape index (κ1) is 17.1. The van der Waals surface area contributed by atoms with Crippen LogP contribution in [-0.2, 0) is 20.4 Å². The molecule has 10 heteroatoms. The lowest BCUT2D eigenvalue weighted by atomic mass is 10.2. The molecule has 0 aliphatic carbocycles. The van der Waals surface area contributed by atoms with Gasteiger partial charge in [-0.1, -0.05) is 12.8 Å². The number of nitrogens with one attached hydrogen (secondary N) is 2. The van der Waals surface area contributed by atoms with Gasteiger partial charge in [0.1, 0.15) is 0 Å². The lowest BCUT2D eigenvalue weighted by molar-refractivity contribution is 0.337. The van der Waals surface area contributed by atoms with Crippen LogP contribution in [0.25, 0.3) is 0 Å². The zero-order valence-corrected chi connectivity index (χ0v) is 13.8. The minimum absolute atomic E-state index is 0.308. The van der Waals surface area contributed by atoms with Crippen LogP contribution in [-0.4, -0.2) is 58.3 Å².